The van der Waals surface area contributed by atoms with Gasteiger partial charge in [0.05, 0.1) is 0 Å². The van der Waals surface area contributed by atoms with Crippen molar-refractivity contribution in [2.24, 2.45) is 10.8 Å². The number of esters is 1. The summed E-state index contributed by atoms with van der Waals surface area (Å²) in [5.74, 6) is 3.39. The highest BCUT2D eigenvalue weighted by Crippen LogP contribution is 2.45. The quantitative estimate of drug-likeness (QED) is 0.212. The van der Waals surface area contributed by atoms with Crippen LogP contribution in [-0.2, 0) is 19.0 Å². The maximum absolute atomic E-state index is 12.5. The van der Waals surface area contributed by atoms with Crippen molar-refractivity contribution in [1.82, 2.24) is 10.6 Å². The lowest BCUT2D eigenvalue weighted by Gasteiger charge is -2.46. The fourth-order valence-electron chi connectivity index (χ4n) is 4.76. The number of carbonyl (C=O) groups excluding carboxylic acids is 3. The van der Waals surface area contributed by atoms with Gasteiger partial charge in [-0.15, -0.1) is 0 Å². The summed E-state index contributed by atoms with van der Waals surface area (Å²) in [4.78, 5) is 36.1. The smallest absolute Gasteiger partial charge is 0.407 e. The number of nitrogens with one attached hydrogen (secondary N) is 2. The average molecular weight is 517 g/mol. The molecule has 2 amide bonds. The maximum Gasteiger partial charge on any atom is 0.407 e. The van der Waals surface area contributed by atoms with Crippen molar-refractivity contribution in [2.75, 3.05) is 42.8 Å². The summed E-state index contributed by atoms with van der Waals surface area (Å²) in [6.45, 7) is 12.0. The van der Waals surface area contributed by atoms with Gasteiger partial charge in [0, 0.05) is 29.7 Å². The minimum absolute atomic E-state index is 0.0135. The predicted molar refractivity (Wildman–Crippen MR) is 137 cm³/mol. The Labute approximate surface area is 212 Å². The zero-order valence-electron chi connectivity index (χ0n) is 20.9. The van der Waals surface area contributed by atoms with Crippen LogP contribution in [0.15, 0.2) is 12.2 Å². The normalized spacial score (nSPS) is 25.2. The van der Waals surface area contributed by atoms with Crippen LogP contribution in [-0.4, -0.2) is 73.1 Å². The zero-order chi connectivity index (χ0) is 25.2. The summed E-state index contributed by atoms with van der Waals surface area (Å²) in [5.41, 5.74) is 0.0914. The van der Waals surface area contributed by atoms with Crippen LogP contribution in [0, 0.1) is 10.8 Å². The molecule has 0 aromatic rings. The Kier molecular flexibility index (Phi) is 11.4. The molecule has 1 heterocycles. The van der Waals surface area contributed by atoms with Gasteiger partial charge in [0.15, 0.2) is 0 Å². The highest BCUT2D eigenvalue weighted by atomic mass is 32.2. The molecular weight excluding hydrogens is 476 g/mol. The van der Waals surface area contributed by atoms with Crippen LogP contribution >= 0.6 is 23.5 Å². The Hall–Kier alpha value is -1.55. The fourth-order valence-corrected chi connectivity index (χ4v) is 7.02. The summed E-state index contributed by atoms with van der Waals surface area (Å²) in [7, 11) is 0. The van der Waals surface area contributed by atoms with Crippen LogP contribution in [0.1, 0.15) is 53.4 Å². The molecule has 34 heavy (non-hydrogen) atoms. The number of hydrogen-bond acceptors (Lipinski definition) is 8. The van der Waals surface area contributed by atoms with Gasteiger partial charge in [-0.2, -0.15) is 23.5 Å². The van der Waals surface area contributed by atoms with Gasteiger partial charge < -0.3 is 24.8 Å². The summed E-state index contributed by atoms with van der Waals surface area (Å²) in [5, 5.41) is 5.91. The molecular formula is C24H40N2O6S2. The molecule has 8 nitrogen and oxygen atoms in total. The van der Waals surface area contributed by atoms with E-state index in [-0.39, 0.29) is 42.3 Å². The first-order chi connectivity index (χ1) is 16.0. The second kappa shape index (κ2) is 13.5. The zero-order valence-corrected chi connectivity index (χ0v) is 22.5. The molecule has 2 fully saturated rings. The lowest BCUT2D eigenvalue weighted by molar-refractivity contribution is -0.139. The Morgan fingerprint density at radius 2 is 1.65 bits per heavy atom. The van der Waals surface area contributed by atoms with Crippen LogP contribution in [0.3, 0.4) is 0 Å². The van der Waals surface area contributed by atoms with Crippen molar-refractivity contribution >= 4 is 41.7 Å². The Bertz CT molecular complexity index is 724. The van der Waals surface area contributed by atoms with E-state index in [0.717, 1.165) is 35.9 Å². The summed E-state index contributed by atoms with van der Waals surface area (Å²) < 4.78 is 15.8. The first-order valence-electron chi connectivity index (χ1n) is 11.8. The topological polar surface area (TPSA) is 103 Å². The summed E-state index contributed by atoms with van der Waals surface area (Å²) in [6, 6.07) is -0.0875. The predicted octanol–water partition coefficient (Wildman–Crippen LogP) is 4.38. The van der Waals surface area contributed by atoms with E-state index >= 15 is 0 Å². The van der Waals surface area contributed by atoms with Gasteiger partial charge in [-0.3, -0.25) is 0 Å². The molecule has 0 aromatic heterocycles. The van der Waals surface area contributed by atoms with Gasteiger partial charge in [0.1, 0.15) is 19.3 Å². The highest BCUT2D eigenvalue weighted by molar-refractivity contribution is 8.00. The number of hydrogen-bond donors (Lipinski definition) is 2. The summed E-state index contributed by atoms with van der Waals surface area (Å²) in [6.07, 6.45) is 2.67. The molecule has 1 aliphatic carbocycles. The average Bonchev–Trinajstić information content (AvgIpc) is 2.70. The third kappa shape index (κ3) is 10.8. The van der Waals surface area contributed by atoms with Crippen molar-refractivity contribution in [3.63, 3.8) is 0 Å². The summed E-state index contributed by atoms with van der Waals surface area (Å²) >= 11 is 3.68. The second-order valence-corrected chi connectivity index (χ2v) is 12.6. The number of ether oxygens (including phenoxy) is 3. The first-order valence-corrected chi connectivity index (χ1v) is 14.1. The molecule has 2 rings (SSSR count). The Morgan fingerprint density at radius 3 is 2.29 bits per heavy atom. The van der Waals surface area contributed by atoms with Crippen molar-refractivity contribution in [2.45, 2.75) is 65.5 Å². The SMILES string of the molecule is C=C(C)C(=O)OCCOC(=O)NC1CC(C)(C)CC(C)(CNC(=O)OC2CSCCCSC2)C1. The van der Waals surface area contributed by atoms with E-state index in [0.29, 0.717) is 18.5 Å². The van der Waals surface area contributed by atoms with Crippen LogP contribution in [0.2, 0.25) is 0 Å². The lowest BCUT2D eigenvalue weighted by Crippen LogP contribution is -2.50. The van der Waals surface area contributed by atoms with E-state index in [1.165, 1.54) is 6.42 Å². The van der Waals surface area contributed by atoms with E-state index in [9.17, 15) is 14.4 Å². The van der Waals surface area contributed by atoms with Crippen LogP contribution < -0.4 is 10.6 Å². The molecule has 2 unspecified atom stereocenters. The molecule has 1 saturated carbocycles. The minimum Gasteiger partial charge on any atom is -0.459 e. The van der Waals surface area contributed by atoms with E-state index in [2.05, 4.69) is 38.0 Å². The number of alkyl carbamates (subject to hydrolysis) is 2. The van der Waals surface area contributed by atoms with Gasteiger partial charge in [-0.05, 0) is 54.9 Å². The molecule has 1 aliphatic heterocycles. The van der Waals surface area contributed by atoms with Crippen molar-refractivity contribution in [1.29, 1.82) is 0 Å². The first kappa shape index (κ1) is 28.7. The number of thioether (sulfide) groups is 2. The fraction of sp³-hybridized carbons (Fsp3) is 0.792. The van der Waals surface area contributed by atoms with Crippen LogP contribution in [0.5, 0.6) is 0 Å². The molecule has 0 aromatic carbocycles. The van der Waals surface area contributed by atoms with Gasteiger partial charge in [-0.25, -0.2) is 14.4 Å². The number of amides is 2. The van der Waals surface area contributed by atoms with E-state index < -0.39 is 12.1 Å². The van der Waals surface area contributed by atoms with Crippen molar-refractivity contribution in [3.8, 4) is 0 Å². The molecule has 0 spiro atoms. The third-order valence-corrected chi connectivity index (χ3v) is 8.15. The highest BCUT2D eigenvalue weighted by Gasteiger charge is 2.42. The molecule has 0 radical (unpaired) electrons. The van der Waals surface area contributed by atoms with Gasteiger partial charge in [-0.1, -0.05) is 27.4 Å². The van der Waals surface area contributed by atoms with Gasteiger partial charge >= 0.3 is 18.2 Å². The standard InChI is InChI=1S/C24H40N2O6S2/c1-17(2)20(27)30-7-8-31-22(29)26-18-11-23(3,4)15-24(5,12-18)16-25-21(28)32-19-13-33-9-6-10-34-14-19/h18-19H,1,6-16H2,2-5H3,(H,25,28)(H,26,29). The molecule has 1 saturated heterocycles. The Morgan fingerprint density at radius 1 is 1.00 bits per heavy atom. The van der Waals surface area contributed by atoms with Gasteiger partial charge in [0.25, 0.3) is 0 Å². The second-order valence-electron chi connectivity index (χ2n) is 10.3. The maximum atomic E-state index is 12.5. The largest absolute Gasteiger partial charge is 0.459 e. The van der Waals surface area contributed by atoms with Crippen molar-refractivity contribution in [3.05, 3.63) is 12.2 Å². The molecule has 2 N–H and O–H groups in total. The molecule has 10 heteroatoms. The lowest BCUT2D eigenvalue weighted by atomic mass is 9.62. The molecule has 0 bridgehead atoms. The Balaban J connectivity index is 1.79. The molecule has 2 atom stereocenters. The minimum atomic E-state index is -0.539. The van der Waals surface area contributed by atoms with E-state index in [1.54, 1.807) is 6.92 Å². The van der Waals surface area contributed by atoms with E-state index in [1.807, 2.05) is 23.5 Å². The van der Waals surface area contributed by atoms with E-state index in [4.69, 9.17) is 14.2 Å². The van der Waals surface area contributed by atoms with Crippen LogP contribution in [0.25, 0.3) is 0 Å². The van der Waals surface area contributed by atoms with Crippen LogP contribution in [0.4, 0.5) is 9.59 Å². The third-order valence-electron chi connectivity index (χ3n) is 5.78. The number of carbonyl (C=O) groups is 3. The molecule has 2 aliphatic rings. The monoisotopic (exact) mass is 516 g/mol. The number of rotatable bonds is 8. The van der Waals surface area contributed by atoms with Crippen molar-refractivity contribution < 1.29 is 28.6 Å². The van der Waals surface area contributed by atoms with Gasteiger partial charge in [0.2, 0.25) is 0 Å². The molecule has 194 valence electrons.